The van der Waals surface area contributed by atoms with Crippen LogP contribution in [0.5, 0.6) is 5.75 Å². The lowest BCUT2D eigenvalue weighted by Crippen LogP contribution is -2.41. The van der Waals surface area contributed by atoms with Gasteiger partial charge in [-0.05, 0) is 45.7 Å². The first-order chi connectivity index (χ1) is 15.8. The Balaban J connectivity index is 1.33. The molecule has 33 heavy (non-hydrogen) atoms. The van der Waals surface area contributed by atoms with E-state index >= 15 is 0 Å². The van der Waals surface area contributed by atoms with Crippen molar-refractivity contribution in [2.75, 3.05) is 33.4 Å². The molecule has 2 aliphatic heterocycles. The number of piperidine rings is 1. The average molecular weight is 456 g/mol. The predicted octanol–water partition coefficient (Wildman–Crippen LogP) is 3.78. The molecular weight excluding hydrogens is 426 g/mol. The van der Waals surface area contributed by atoms with E-state index in [1.54, 1.807) is 12.0 Å². The van der Waals surface area contributed by atoms with Crippen LogP contribution < -0.4 is 4.74 Å². The maximum atomic E-state index is 12.3. The van der Waals surface area contributed by atoms with Gasteiger partial charge in [0.15, 0.2) is 5.82 Å². The molecule has 0 saturated carbocycles. The number of nitrogens with zero attached hydrogens (tertiary/aromatic N) is 5. The molecule has 0 bridgehead atoms. The first-order valence-corrected chi connectivity index (χ1v) is 11.3. The number of rotatable bonds is 4. The van der Waals surface area contributed by atoms with Crippen LogP contribution in [-0.2, 0) is 9.47 Å². The van der Waals surface area contributed by atoms with Gasteiger partial charge in [-0.1, -0.05) is 5.16 Å². The van der Waals surface area contributed by atoms with E-state index in [0.29, 0.717) is 43.8 Å². The Morgan fingerprint density at radius 2 is 1.94 bits per heavy atom. The van der Waals surface area contributed by atoms with Gasteiger partial charge in [-0.15, -0.1) is 0 Å². The number of amides is 1. The van der Waals surface area contributed by atoms with Crippen LogP contribution in [0.1, 0.15) is 51.4 Å². The van der Waals surface area contributed by atoms with Crippen LogP contribution in [0.3, 0.4) is 0 Å². The quantitative estimate of drug-likeness (QED) is 0.585. The van der Waals surface area contributed by atoms with Crippen LogP contribution in [0.25, 0.3) is 22.4 Å². The van der Waals surface area contributed by atoms with E-state index < -0.39 is 5.60 Å². The van der Waals surface area contributed by atoms with Gasteiger partial charge in [0.05, 0.1) is 43.5 Å². The van der Waals surface area contributed by atoms with Crippen molar-refractivity contribution in [1.29, 1.82) is 0 Å². The summed E-state index contributed by atoms with van der Waals surface area (Å²) in [6, 6.07) is 4.12. The fourth-order valence-corrected chi connectivity index (χ4v) is 4.23. The van der Waals surface area contributed by atoms with Crippen molar-refractivity contribution in [2.24, 2.45) is 0 Å². The summed E-state index contributed by atoms with van der Waals surface area (Å²) in [5, 5.41) is 9.71. The fourth-order valence-electron chi connectivity index (χ4n) is 4.23. The highest BCUT2D eigenvalue weighted by atomic mass is 16.6. The van der Waals surface area contributed by atoms with Gasteiger partial charge in [0.25, 0.3) is 5.89 Å². The maximum absolute atomic E-state index is 12.3. The molecule has 2 aliphatic rings. The lowest BCUT2D eigenvalue weighted by Gasteiger charge is -2.32. The molecule has 2 aromatic heterocycles. The molecule has 0 N–H and O–H groups in total. The summed E-state index contributed by atoms with van der Waals surface area (Å²) in [4.78, 5) is 18.7. The highest BCUT2D eigenvalue weighted by Gasteiger charge is 2.30. The Morgan fingerprint density at radius 1 is 1.18 bits per heavy atom. The third-order valence-electron chi connectivity index (χ3n) is 6.07. The van der Waals surface area contributed by atoms with Crippen molar-refractivity contribution in [3.63, 3.8) is 0 Å². The number of carbonyl (C=O) groups excluding carboxylic acids is 1. The van der Waals surface area contributed by atoms with E-state index in [1.165, 1.54) is 0 Å². The maximum Gasteiger partial charge on any atom is 0.410 e. The minimum Gasteiger partial charge on any atom is -0.496 e. The molecule has 3 aromatic rings. The Labute approximate surface area is 191 Å². The number of likely N-dealkylation sites (tertiary alicyclic amines) is 1. The molecular formula is C23H29N5O5. The van der Waals surface area contributed by atoms with Crippen LogP contribution in [0.2, 0.25) is 0 Å². The summed E-state index contributed by atoms with van der Waals surface area (Å²) in [7, 11) is 1.64. The highest BCUT2D eigenvalue weighted by molar-refractivity contribution is 5.89. The number of aromatic nitrogens is 4. The van der Waals surface area contributed by atoms with Crippen molar-refractivity contribution >= 4 is 17.0 Å². The van der Waals surface area contributed by atoms with Crippen molar-refractivity contribution in [3.05, 3.63) is 24.2 Å². The summed E-state index contributed by atoms with van der Waals surface area (Å²) in [5.74, 6) is 1.94. The van der Waals surface area contributed by atoms with E-state index in [1.807, 2.05) is 43.8 Å². The third kappa shape index (κ3) is 4.27. The number of hydrogen-bond donors (Lipinski definition) is 0. The first-order valence-electron chi connectivity index (χ1n) is 11.3. The van der Waals surface area contributed by atoms with Gasteiger partial charge in [0, 0.05) is 24.6 Å². The molecule has 4 heterocycles. The third-order valence-corrected chi connectivity index (χ3v) is 6.07. The van der Waals surface area contributed by atoms with Gasteiger partial charge in [-0.25, -0.2) is 4.79 Å². The van der Waals surface area contributed by atoms with Gasteiger partial charge in [-0.3, -0.25) is 4.68 Å². The zero-order valence-electron chi connectivity index (χ0n) is 19.4. The van der Waals surface area contributed by atoms with Gasteiger partial charge < -0.3 is 23.6 Å². The van der Waals surface area contributed by atoms with Gasteiger partial charge in [-0.2, -0.15) is 10.1 Å². The van der Waals surface area contributed by atoms with Crippen LogP contribution in [-0.4, -0.2) is 69.9 Å². The number of methoxy groups -OCH3 is 1. The molecule has 1 aromatic carbocycles. The van der Waals surface area contributed by atoms with Gasteiger partial charge in [0.2, 0.25) is 0 Å². The number of hydrogen-bond acceptors (Lipinski definition) is 8. The van der Waals surface area contributed by atoms with E-state index in [0.717, 1.165) is 29.3 Å². The molecule has 0 unspecified atom stereocenters. The lowest BCUT2D eigenvalue weighted by atomic mass is 9.96. The topological polar surface area (TPSA) is 105 Å². The lowest BCUT2D eigenvalue weighted by molar-refractivity contribution is -0.0266. The number of carbonyl (C=O) groups is 1. The Hall–Kier alpha value is -3.14. The molecule has 0 atom stereocenters. The predicted molar refractivity (Wildman–Crippen MR) is 119 cm³/mol. The fraction of sp³-hybridized carbons (Fsp3) is 0.565. The van der Waals surface area contributed by atoms with Crippen molar-refractivity contribution in [1.82, 2.24) is 24.8 Å². The molecule has 0 aliphatic carbocycles. The molecule has 2 saturated heterocycles. The van der Waals surface area contributed by atoms with E-state index in [-0.39, 0.29) is 18.1 Å². The normalized spacial score (nSPS) is 17.9. The van der Waals surface area contributed by atoms with Crippen molar-refractivity contribution in [2.45, 2.75) is 51.2 Å². The zero-order valence-corrected chi connectivity index (χ0v) is 19.4. The molecule has 0 spiro atoms. The van der Waals surface area contributed by atoms with Crippen LogP contribution in [0, 0.1) is 0 Å². The average Bonchev–Trinajstić information content (AvgIpc) is 3.39. The molecule has 10 heteroatoms. The number of ether oxygens (including phenoxy) is 3. The van der Waals surface area contributed by atoms with Crippen molar-refractivity contribution < 1.29 is 23.5 Å². The summed E-state index contributed by atoms with van der Waals surface area (Å²) in [5.41, 5.74) is 1.23. The van der Waals surface area contributed by atoms with Gasteiger partial charge >= 0.3 is 6.09 Å². The number of fused-ring (bicyclic) bond motifs is 1. The highest BCUT2D eigenvalue weighted by Crippen LogP contribution is 2.35. The second-order valence-corrected chi connectivity index (χ2v) is 9.59. The van der Waals surface area contributed by atoms with E-state index in [2.05, 4.69) is 15.2 Å². The Morgan fingerprint density at radius 3 is 2.58 bits per heavy atom. The standard InChI is InChI=1S/C23H29N5O5/c1-23(2,3)32-22(29)27-7-5-14(6-8-27)20-25-21(33-26-20)15-9-18-17(19(10-15)30-4)11-24-28(18)16-12-31-13-16/h9-11,14,16H,5-8,12-13H2,1-4H3. The minimum absolute atomic E-state index is 0.129. The Bertz CT molecular complexity index is 1150. The molecule has 0 radical (unpaired) electrons. The smallest absolute Gasteiger partial charge is 0.410 e. The largest absolute Gasteiger partial charge is 0.496 e. The summed E-state index contributed by atoms with van der Waals surface area (Å²) in [6.45, 7) is 8.12. The molecule has 176 valence electrons. The second-order valence-electron chi connectivity index (χ2n) is 9.59. The monoisotopic (exact) mass is 455 g/mol. The van der Waals surface area contributed by atoms with Gasteiger partial charge in [0.1, 0.15) is 11.4 Å². The van der Waals surface area contributed by atoms with Crippen molar-refractivity contribution in [3.8, 4) is 17.2 Å². The van der Waals surface area contributed by atoms with E-state index in [9.17, 15) is 4.79 Å². The molecule has 5 rings (SSSR count). The first kappa shape index (κ1) is 21.7. The van der Waals surface area contributed by atoms with E-state index in [4.69, 9.17) is 18.7 Å². The molecule has 2 fully saturated rings. The summed E-state index contributed by atoms with van der Waals surface area (Å²) in [6.07, 6.45) is 3.06. The SMILES string of the molecule is COc1cc(-c2nc(C3CCN(C(=O)OC(C)(C)C)CC3)no2)cc2c1cnn2C1COC1. The zero-order chi connectivity index (χ0) is 23.2. The minimum atomic E-state index is -0.500. The number of benzene rings is 1. The van der Waals surface area contributed by atoms with Crippen LogP contribution in [0.4, 0.5) is 4.79 Å². The Kier molecular flexibility index (Phi) is 5.48. The van der Waals surface area contributed by atoms with Crippen LogP contribution in [0.15, 0.2) is 22.9 Å². The second kappa shape index (κ2) is 8.33. The van der Waals surface area contributed by atoms with Crippen LogP contribution >= 0.6 is 0 Å². The molecule has 1 amide bonds. The summed E-state index contributed by atoms with van der Waals surface area (Å²) >= 11 is 0. The molecule has 10 nitrogen and oxygen atoms in total. The summed E-state index contributed by atoms with van der Waals surface area (Å²) < 4.78 is 24.0.